The van der Waals surface area contributed by atoms with E-state index in [1.165, 1.54) is 0 Å². The second-order valence-corrected chi connectivity index (χ2v) is 1.26. The van der Waals surface area contributed by atoms with Crippen molar-refractivity contribution in [1.29, 1.82) is 0 Å². The van der Waals surface area contributed by atoms with E-state index < -0.39 is 0 Å². The van der Waals surface area contributed by atoms with Crippen molar-refractivity contribution in [3.63, 3.8) is 0 Å². The zero-order valence-corrected chi connectivity index (χ0v) is 3.89. The van der Waals surface area contributed by atoms with Gasteiger partial charge < -0.3 is 0 Å². The van der Waals surface area contributed by atoms with Crippen molar-refractivity contribution in [3.05, 3.63) is 30.1 Å². The van der Waals surface area contributed by atoms with E-state index in [1.807, 2.05) is 0 Å². The molecule has 0 spiro atoms. The summed E-state index contributed by atoms with van der Waals surface area (Å²) in [5.41, 5.74) is 0.655. The topological polar surface area (TPSA) is 12.9 Å². The SMILES string of the molecule is [2H]Cc1cccc([2H])n1. The molecular formula is C6H7N. The highest BCUT2D eigenvalue weighted by molar-refractivity contribution is 4.99. The Labute approximate surface area is 45.8 Å². The first-order valence-electron chi connectivity index (χ1n) is 3.25. The predicted octanol–water partition coefficient (Wildman–Crippen LogP) is 1.39. The zero-order chi connectivity index (χ0) is 6.69. The van der Waals surface area contributed by atoms with Crippen molar-refractivity contribution < 1.29 is 2.74 Å². The molecule has 7 heavy (non-hydrogen) atoms. The van der Waals surface area contributed by atoms with Crippen molar-refractivity contribution in [2.75, 3.05) is 0 Å². The molecule has 0 saturated carbocycles. The summed E-state index contributed by atoms with van der Waals surface area (Å²) < 4.78 is 13.9. The first-order valence-corrected chi connectivity index (χ1v) is 2.04. The fourth-order valence-corrected chi connectivity index (χ4v) is 0.360. The summed E-state index contributed by atoms with van der Waals surface area (Å²) in [5.74, 6) is 0. The number of hydrogen-bond acceptors (Lipinski definition) is 1. The quantitative estimate of drug-likeness (QED) is 0.474. The van der Waals surface area contributed by atoms with Crippen molar-refractivity contribution in [2.24, 2.45) is 0 Å². The highest BCUT2D eigenvalue weighted by atomic mass is 14.6. The van der Waals surface area contributed by atoms with Gasteiger partial charge in [-0.2, -0.15) is 0 Å². The Bertz CT molecular complexity index is 200. The lowest BCUT2D eigenvalue weighted by atomic mass is 10.4. The van der Waals surface area contributed by atoms with Crippen molar-refractivity contribution in [1.82, 2.24) is 4.98 Å². The van der Waals surface area contributed by atoms with Gasteiger partial charge in [0.15, 0.2) is 0 Å². The Hall–Kier alpha value is -0.850. The summed E-state index contributed by atoms with van der Waals surface area (Å²) in [7, 11) is 0. The van der Waals surface area contributed by atoms with Gasteiger partial charge in [0, 0.05) is 13.2 Å². The second kappa shape index (κ2) is 1.73. The first-order chi connectivity index (χ1) is 4.33. The van der Waals surface area contributed by atoms with E-state index in [0.29, 0.717) is 5.69 Å². The van der Waals surface area contributed by atoms with Gasteiger partial charge in [-0.05, 0) is 19.0 Å². The second-order valence-electron chi connectivity index (χ2n) is 1.26. The monoisotopic (exact) mass is 95.1 g/mol. The van der Waals surface area contributed by atoms with Crippen molar-refractivity contribution in [3.8, 4) is 0 Å². The molecule has 1 heterocycles. The minimum atomic E-state index is 0.159. The molecular weight excluding hydrogens is 86.1 g/mol. The van der Waals surface area contributed by atoms with Gasteiger partial charge in [-0.15, -0.1) is 0 Å². The Morgan fingerprint density at radius 1 is 1.86 bits per heavy atom. The fourth-order valence-electron chi connectivity index (χ4n) is 0.360. The zero-order valence-electron chi connectivity index (χ0n) is 5.89. The van der Waals surface area contributed by atoms with E-state index >= 15 is 0 Å². The van der Waals surface area contributed by atoms with E-state index in [2.05, 4.69) is 4.98 Å². The van der Waals surface area contributed by atoms with E-state index in [-0.39, 0.29) is 13.1 Å². The van der Waals surface area contributed by atoms with Gasteiger partial charge in [-0.1, -0.05) is 6.07 Å². The Kier molecular flexibility index (Phi) is 0.609. The molecule has 0 aliphatic heterocycles. The molecule has 0 bridgehead atoms. The van der Waals surface area contributed by atoms with Crippen LogP contribution in [0.1, 0.15) is 8.44 Å². The lowest BCUT2D eigenvalue weighted by Crippen LogP contribution is -1.72. The number of nitrogens with zero attached hydrogens (tertiary/aromatic N) is 1. The lowest BCUT2D eigenvalue weighted by molar-refractivity contribution is 1.20. The van der Waals surface area contributed by atoms with Crippen LogP contribution >= 0.6 is 0 Å². The summed E-state index contributed by atoms with van der Waals surface area (Å²) in [6.07, 6.45) is 0.236. The minimum absolute atomic E-state index is 0.159. The number of hydrogen-bond donors (Lipinski definition) is 0. The fraction of sp³-hybridized carbons (Fsp3) is 0.167. The highest BCUT2D eigenvalue weighted by Crippen LogP contribution is 1.85. The summed E-state index contributed by atoms with van der Waals surface area (Å²) in [4.78, 5) is 3.77. The maximum absolute atomic E-state index is 7.04. The summed E-state index contributed by atoms with van der Waals surface area (Å²) >= 11 is 0. The van der Waals surface area contributed by atoms with Crippen molar-refractivity contribution in [2.45, 2.75) is 6.90 Å². The maximum atomic E-state index is 7.04. The molecule has 0 amide bonds. The van der Waals surface area contributed by atoms with Gasteiger partial charge >= 0.3 is 0 Å². The molecule has 0 atom stereocenters. The lowest BCUT2D eigenvalue weighted by Gasteiger charge is -1.82. The third-order valence-electron chi connectivity index (χ3n) is 0.668. The van der Waals surface area contributed by atoms with E-state index in [1.54, 1.807) is 18.2 Å². The van der Waals surface area contributed by atoms with Crippen LogP contribution in [-0.4, -0.2) is 4.98 Å². The number of rotatable bonds is 0. The van der Waals surface area contributed by atoms with Crippen LogP contribution < -0.4 is 0 Å². The van der Waals surface area contributed by atoms with Crippen LogP contribution in [0.25, 0.3) is 0 Å². The summed E-state index contributed by atoms with van der Waals surface area (Å²) in [6.45, 7) is 0.159. The number of aromatic nitrogens is 1. The molecule has 0 saturated heterocycles. The van der Waals surface area contributed by atoms with E-state index in [0.717, 1.165) is 0 Å². The standard InChI is InChI=1S/C6H7N/c1-6-4-2-3-5-7-6/h2-5H,1H3/i1D,5D. The molecule has 0 aromatic carbocycles. The Morgan fingerprint density at radius 2 is 2.86 bits per heavy atom. The molecule has 1 nitrogen and oxygen atoms in total. The van der Waals surface area contributed by atoms with Crippen LogP contribution in [0, 0.1) is 6.90 Å². The highest BCUT2D eigenvalue weighted by Gasteiger charge is 1.73. The Balaban J connectivity index is 2.94. The molecule has 0 fully saturated rings. The van der Waals surface area contributed by atoms with Crippen molar-refractivity contribution >= 4 is 0 Å². The number of aryl methyl sites for hydroxylation is 1. The van der Waals surface area contributed by atoms with Crippen LogP contribution in [0.4, 0.5) is 0 Å². The molecule has 36 valence electrons. The molecule has 1 aromatic heterocycles. The molecule has 0 radical (unpaired) electrons. The normalized spacial score (nSPS) is 12.6. The average Bonchev–Trinajstić information content (AvgIpc) is 1.88. The van der Waals surface area contributed by atoms with Gasteiger partial charge in [0.1, 0.15) is 0 Å². The largest absolute Gasteiger partial charge is 0.262 e. The third kappa shape index (κ3) is 1.000. The van der Waals surface area contributed by atoms with Gasteiger partial charge in [0.05, 0.1) is 1.37 Å². The molecule has 0 aliphatic rings. The van der Waals surface area contributed by atoms with Gasteiger partial charge in [-0.3, -0.25) is 4.98 Å². The molecule has 1 heteroatoms. The smallest absolute Gasteiger partial charge is 0.0840 e. The van der Waals surface area contributed by atoms with Crippen LogP contribution in [-0.2, 0) is 0 Å². The van der Waals surface area contributed by atoms with Gasteiger partial charge in [0.2, 0.25) is 0 Å². The molecule has 1 aromatic rings. The van der Waals surface area contributed by atoms with E-state index in [9.17, 15) is 0 Å². The third-order valence-corrected chi connectivity index (χ3v) is 0.668. The molecule has 0 N–H and O–H groups in total. The Morgan fingerprint density at radius 3 is 3.43 bits per heavy atom. The van der Waals surface area contributed by atoms with Gasteiger partial charge in [-0.25, -0.2) is 0 Å². The van der Waals surface area contributed by atoms with Crippen LogP contribution in [0.5, 0.6) is 0 Å². The molecule has 0 unspecified atom stereocenters. The average molecular weight is 95.1 g/mol. The van der Waals surface area contributed by atoms with Gasteiger partial charge in [0.25, 0.3) is 0 Å². The van der Waals surface area contributed by atoms with Crippen LogP contribution in [0.2, 0.25) is 0 Å². The maximum Gasteiger partial charge on any atom is 0.0840 e. The minimum Gasteiger partial charge on any atom is -0.262 e. The predicted molar refractivity (Wildman–Crippen MR) is 29.0 cm³/mol. The molecule has 0 aliphatic carbocycles. The first kappa shape index (κ1) is 2.46. The number of pyridine rings is 1. The van der Waals surface area contributed by atoms with Crippen LogP contribution in [0.3, 0.4) is 0 Å². The summed E-state index contributed by atoms with van der Waals surface area (Å²) in [6, 6.07) is 5.07. The van der Waals surface area contributed by atoms with E-state index in [4.69, 9.17) is 2.74 Å². The van der Waals surface area contributed by atoms with Crippen LogP contribution in [0.15, 0.2) is 24.4 Å². The summed E-state index contributed by atoms with van der Waals surface area (Å²) in [5, 5.41) is 0. The molecule has 1 rings (SSSR count).